The Hall–Kier alpha value is -3.03. The first-order chi connectivity index (χ1) is 14.2. The zero-order valence-corrected chi connectivity index (χ0v) is 16.7. The van der Waals surface area contributed by atoms with E-state index in [2.05, 4.69) is 20.5 Å². The molecule has 0 radical (unpaired) electrons. The molecule has 2 amide bonds. The van der Waals surface area contributed by atoms with Crippen molar-refractivity contribution in [1.29, 1.82) is 0 Å². The van der Waals surface area contributed by atoms with Crippen molar-refractivity contribution in [3.63, 3.8) is 0 Å². The number of rotatable bonds is 6. The average molecular weight is 407 g/mol. The number of benzene rings is 2. The molecule has 6 nitrogen and oxygen atoms in total. The normalized spacial score (nSPS) is 15.0. The minimum atomic E-state index is -0.313. The van der Waals surface area contributed by atoms with Crippen LogP contribution >= 0.6 is 11.3 Å². The van der Waals surface area contributed by atoms with Crippen LogP contribution in [0.1, 0.15) is 34.8 Å². The van der Waals surface area contributed by atoms with Crippen LogP contribution in [0.3, 0.4) is 0 Å². The number of anilines is 2. The van der Waals surface area contributed by atoms with E-state index in [4.69, 9.17) is 0 Å². The molecular weight excluding hydrogens is 384 g/mol. The maximum absolute atomic E-state index is 13.1. The van der Waals surface area contributed by atoms with Crippen molar-refractivity contribution < 1.29 is 9.59 Å². The third kappa shape index (κ3) is 4.70. The number of aromatic nitrogens is 1. The summed E-state index contributed by atoms with van der Waals surface area (Å²) in [4.78, 5) is 31.6. The van der Waals surface area contributed by atoms with E-state index in [9.17, 15) is 9.59 Å². The van der Waals surface area contributed by atoms with Crippen LogP contribution in [-0.4, -0.2) is 34.8 Å². The van der Waals surface area contributed by atoms with Gasteiger partial charge in [-0.2, -0.15) is 0 Å². The van der Waals surface area contributed by atoms with Gasteiger partial charge in [0.25, 0.3) is 5.91 Å². The molecule has 2 N–H and O–H groups in total. The highest BCUT2D eigenvalue weighted by Crippen LogP contribution is 2.26. The van der Waals surface area contributed by atoms with Gasteiger partial charge in [0, 0.05) is 22.8 Å². The summed E-state index contributed by atoms with van der Waals surface area (Å²) in [5.74, 6) is -0.282. The van der Waals surface area contributed by atoms with Crippen molar-refractivity contribution >= 4 is 34.0 Å². The molecular formula is C22H22N4O2S. The summed E-state index contributed by atoms with van der Waals surface area (Å²) in [7, 11) is 0. The molecule has 0 spiro atoms. The van der Waals surface area contributed by atoms with Crippen molar-refractivity contribution in [3.8, 4) is 0 Å². The Morgan fingerprint density at radius 2 is 1.69 bits per heavy atom. The highest BCUT2D eigenvalue weighted by Gasteiger charge is 2.29. The molecule has 1 aliphatic rings. The van der Waals surface area contributed by atoms with Gasteiger partial charge in [-0.3, -0.25) is 19.8 Å². The maximum Gasteiger partial charge on any atom is 0.257 e. The quantitative estimate of drug-likeness (QED) is 0.644. The van der Waals surface area contributed by atoms with E-state index in [0.717, 1.165) is 31.5 Å². The lowest BCUT2D eigenvalue weighted by Crippen LogP contribution is -2.35. The Bertz CT molecular complexity index is 952. The van der Waals surface area contributed by atoms with Gasteiger partial charge >= 0.3 is 0 Å². The summed E-state index contributed by atoms with van der Waals surface area (Å²) in [5.41, 5.74) is 2.17. The van der Waals surface area contributed by atoms with Crippen molar-refractivity contribution in [1.82, 2.24) is 9.88 Å². The highest BCUT2D eigenvalue weighted by molar-refractivity contribution is 7.13. The van der Waals surface area contributed by atoms with Crippen molar-refractivity contribution in [2.75, 3.05) is 23.7 Å². The fraction of sp³-hybridized carbons (Fsp3) is 0.227. The molecule has 0 aliphatic carbocycles. The Balaban J connectivity index is 1.45. The van der Waals surface area contributed by atoms with Gasteiger partial charge in [0.05, 0.1) is 0 Å². The molecule has 1 saturated heterocycles. The first-order valence-corrected chi connectivity index (χ1v) is 10.5. The third-order valence-corrected chi connectivity index (χ3v) is 5.63. The van der Waals surface area contributed by atoms with Gasteiger partial charge in [0.2, 0.25) is 5.91 Å². The van der Waals surface area contributed by atoms with E-state index in [-0.39, 0.29) is 17.9 Å². The molecule has 1 atom stereocenters. The number of carbonyl (C=O) groups is 2. The van der Waals surface area contributed by atoms with Crippen molar-refractivity contribution in [2.24, 2.45) is 0 Å². The largest absolute Gasteiger partial charge is 0.324 e. The lowest BCUT2D eigenvalue weighted by atomic mass is 10.0. The first kappa shape index (κ1) is 19.3. The second-order valence-corrected chi connectivity index (χ2v) is 7.81. The van der Waals surface area contributed by atoms with E-state index in [0.29, 0.717) is 16.4 Å². The van der Waals surface area contributed by atoms with E-state index in [1.165, 1.54) is 11.3 Å². The number of hydrogen-bond acceptors (Lipinski definition) is 5. The van der Waals surface area contributed by atoms with E-state index in [1.807, 2.05) is 30.3 Å². The van der Waals surface area contributed by atoms with Crippen LogP contribution in [0.5, 0.6) is 0 Å². The number of hydrogen-bond donors (Lipinski definition) is 2. The first-order valence-electron chi connectivity index (χ1n) is 9.61. The van der Waals surface area contributed by atoms with E-state index >= 15 is 0 Å². The van der Waals surface area contributed by atoms with Crippen LogP contribution in [0, 0.1) is 0 Å². The second kappa shape index (κ2) is 8.98. The standard InChI is InChI=1S/C22H22N4O2S/c27-20(25-22-23-12-15-29-22)17-8-10-18(11-9-17)24-21(28)19(26-13-4-5-14-26)16-6-2-1-3-7-16/h1-3,6-12,15,19H,4-5,13-14H2,(H,24,28)(H,23,25,27). The molecule has 0 saturated carbocycles. The van der Waals surface area contributed by atoms with Crippen LogP contribution in [0.2, 0.25) is 0 Å². The zero-order chi connectivity index (χ0) is 20.1. The topological polar surface area (TPSA) is 74.3 Å². The molecule has 7 heteroatoms. The number of thiazole rings is 1. The zero-order valence-electron chi connectivity index (χ0n) is 15.9. The second-order valence-electron chi connectivity index (χ2n) is 6.91. The van der Waals surface area contributed by atoms with E-state index in [1.54, 1.807) is 35.8 Å². The maximum atomic E-state index is 13.1. The Morgan fingerprint density at radius 1 is 0.966 bits per heavy atom. The molecule has 1 fully saturated rings. The van der Waals surface area contributed by atoms with Gasteiger partial charge in [-0.25, -0.2) is 4.98 Å². The summed E-state index contributed by atoms with van der Waals surface area (Å²) in [6.07, 6.45) is 3.86. The minimum Gasteiger partial charge on any atom is -0.324 e. The molecule has 1 aliphatic heterocycles. The smallest absolute Gasteiger partial charge is 0.257 e. The monoisotopic (exact) mass is 406 g/mol. The SMILES string of the molecule is O=C(Nc1nccs1)c1ccc(NC(=O)C(c2ccccc2)N2CCCC2)cc1. The van der Waals surface area contributed by atoms with Gasteiger partial charge < -0.3 is 5.32 Å². The molecule has 2 aromatic carbocycles. The van der Waals surface area contributed by atoms with Crippen LogP contribution < -0.4 is 10.6 Å². The Morgan fingerprint density at radius 3 is 2.34 bits per heavy atom. The third-order valence-electron chi connectivity index (χ3n) is 4.94. The van der Waals surface area contributed by atoms with Crippen molar-refractivity contribution in [3.05, 3.63) is 77.3 Å². The van der Waals surface area contributed by atoms with Gasteiger partial charge in [-0.1, -0.05) is 30.3 Å². The molecule has 3 aromatic rings. The summed E-state index contributed by atoms with van der Waals surface area (Å²) >= 11 is 1.37. The van der Waals surface area contributed by atoms with Crippen LogP contribution in [0.15, 0.2) is 66.2 Å². The summed E-state index contributed by atoms with van der Waals surface area (Å²) in [6, 6.07) is 16.5. The van der Waals surface area contributed by atoms with Crippen molar-refractivity contribution in [2.45, 2.75) is 18.9 Å². The molecule has 148 valence electrons. The Kier molecular flexibility index (Phi) is 5.97. The molecule has 0 bridgehead atoms. The number of amides is 2. The predicted octanol–water partition coefficient (Wildman–Crippen LogP) is 4.17. The molecule has 2 heterocycles. The molecule has 29 heavy (non-hydrogen) atoms. The van der Waals surface area contributed by atoms with Gasteiger partial charge in [0.1, 0.15) is 6.04 Å². The summed E-state index contributed by atoms with van der Waals surface area (Å²) in [6.45, 7) is 1.84. The minimum absolute atomic E-state index is 0.0573. The number of likely N-dealkylation sites (tertiary alicyclic amines) is 1. The number of nitrogens with zero attached hydrogens (tertiary/aromatic N) is 2. The van der Waals surface area contributed by atoms with Crippen LogP contribution in [-0.2, 0) is 4.79 Å². The summed E-state index contributed by atoms with van der Waals surface area (Å²) in [5, 5.41) is 8.12. The van der Waals surface area contributed by atoms with Crippen LogP contribution in [0.25, 0.3) is 0 Å². The Labute approximate surface area is 173 Å². The van der Waals surface area contributed by atoms with Crippen LogP contribution in [0.4, 0.5) is 10.8 Å². The lowest BCUT2D eigenvalue weighted by Gasteiger charge is -2.27. The number of carbonyl (C=O) groups excluding carboxylic acids is 2. The van der Waals surface area contributed by atoms with Gasteiger partial charge in [-0.15, -0.1) is 11.3 Å². The van der Waals surface area contributed by atoms with Gasteiger partial charge in [-0.05, 0) is 55.8 Å². The highest BCUT2D eigenvalue weighted by atomic mass is 32.1. The molecule has 1 unspecified atom stereocenters. The van der Waals surface area contributed by atoms with Gasteiger partial charge in [0.15, 0.2) is 5.13 Å². The molecule has 1 aromatic heterocycles. The fourth-order valence-electron chi connectivity index (χ4n) is 3.53. The predicted molar refractivity (Wildman–Crippen MR) is 115 cm³/mol. The average Bonchev–Trinajstić information content (AvgIpc) is 3.44. The number of nitrogens with one attached hydrogen (secondary N) is 2. The molecule has 4 rings (SSSR count). The fourth-order valence-corrected chi connectivity index (χ4v) is 4.06. The van der Waals surface area contributed by atoms with E-state index < -0.39 is 0 Å². The lowest BCUT2D eigenvalue weighted by molar-refractivity contribution is -0.121. The summed E-state index contributed by atoms with van der Waals surface area (Å²) < 4.78 is 0.